The number of benzene rings is 1. The van der Waals surface area contributed by atoms with E-state index in [2.05, 4.69) is 10.2 Å². The Labute approximate surface area is 111 Å². The molecule has 104 valence electrons. The van der Waals surface area contributed by atoms with Crippen molar-refractivity contribution in [3.63, 3.8) is 0 Å². The van der Waals surface area contributed by atoms with E-state index in [0.717, 1.165) is 25.2 Å². The molecule has 1 heterocycles. The predicted octanol–water partition coefficient (Wildman–Crippen LogP) is 1.39. The third kappa shape index (κ3) is 2.84. The van der Waals surface area contributed by atoms with Gasteiger partial charge in [-0.1, -0.05) is 0 Å². The smallest absolute Gasteiger partial charge is 0.254 e. The monoisotopic (exact) mass is 269 g/mol. The number of likely N-dealkylation sites (N-methyl/N-ethyl adjacent to an activating group) is 1. The highest BCUT2D eigenvalue weighted by atomic mass is 19.1. The van der Waals surface area contributed by atoms with Gasteiger partial charge < -0.3 is 15.1 Å². The van der Waals surface area contributed by atoms with Gasteiger partial charge >= 0.3 is 0 Å². The minimum Gasteiger partial charge on any atom is -0.383 e. The van der Waals surface area contributed by atoms with E-state index in [1.165, 1.54) is 7.05 Å². The molecule has 1 saturated heterocycles. The van der Waals surface area contributed by atoms with Crippen molar-refractivity contribution in [2.24, 2.45) is 0 Å². The molecule has 0 spiro atoms. The summed E-state index contributed by atoms with van der Waals surface area (Å²) in [5.41, 5.74) is -0.159. The molecule has 1 aromatic rings. The Bertz CT molecular complexity index is 462. The molecule has 1 fully saturated rings. The highest BCUT2D eigenvalue weighted by molar-refractivity contribution is 5.94. The molecule has 1 aliphatic heterocycles. The van der Waals surface area contributed by atoms with Crippen molar-refractivity contribution >= 4 is 11.6 Å². The van der Waals surface area contributed by atoms with E-state index in [-0.39, 0.29) is 17.2 Å². The lowest BCUT2D eigenvalue weighted by molar-refractivity contribution is 0.0663. The van der Waals surface area contributed by atoms with Crippen molar-refractivity contribution in [1.29, 1.82) is 0 Å². The Morgan fingerprint density at radius 3 is 2.16 bits per heavy atom. The summed E-state index contributed by atoms with van der Waals surface area (Å²) < 4.78 is 27.2. The molecule has 1 aliphatic rings. The summed E-state index contributed by atoms with van der Waals surface area (Å²) in [7, 11) is 3.41. The third-order valence-corrected chi connectivity index (χ3v) is 3.33. The minimum absolute atomic E-state index is 0.0542. The van der Waals surface area contributed by atoms with Gasteiger partial charge in [-0.25, -0.2) is 8.78 Å². The highest BCUT2D eigenvalue weighted by Crippen LogP contribution is 2.21. The number of hydrogen-bond donors (Lipinski definition) is 1. The SMILES string of the molecule is CNc1c(F)cc(C(=O)N2CCN(C)CC2)cc1F. The average molecular weight is 269 g/mol. The first-order chi connectivity index (χ1) is 9.02. The minimum atomic E-state index is -0.750. The summed E-state index contributed by atoms with van der Waals surface area (Å²) in [6, 6.07) is 2.16. The fourth-order valence-electron chi connectivity index (χ4n) is 2.13. The molecule has 4 nitrogen and oxygen atoms in total. The maximum atomic E-state index is 13.6. The number of carbonyl (C=O) groups is 1. The molecule has 6 heteroatoms. The van der Waals surface area contributed by atoms with Crippen molar-refractivity contribution < 1.29 is 13.6 Å². The van der Waals surface area contributed by atoms with Gasteiger partial charge in [-0.3, -0.25) is 4.79 Å². The van der Waals surface area contributed by atoms with Gasteiger partial charge in [-0.05, 0) is 19.2 Å². The number of rotatable bonds is 2. The van der Waals surface area contributed by atoms with Crippen LogP contribution in [0.2, 0.25) is 0 Å². The first-order valence-electron chi connectivity index (χ1n) is 6.17. The van der Waals surface area contributed by atoms with Gasteiger partial charge in [-0.15, -0.1) is 0 Å². The summed E-state index contributed by atoms with van der Waals surface area (Å²) in [6.07, 6.45) is 0. The Kier molecular flexibility index (Phi) is 3.99. The van der Waals surface area contributed by atoms with E-state index in [1.54, 1.807) is 4.90 Å². The number of amides is 1. The standard InChI is InChI=1S/C13H17F2N3O/c1-16-12-10(14)7-9(8-11(12)15)13(19)18-5-3-17(2)4-6-18/h7-8,16H,3-6H2,1-2H3. The molecule has 0 atom stereocenters. The molecule has 1 aromatic carbocycles. The van der Waals surface area contributed by atoms with E-state index < -0.39 is 11.6 Å². The molecule has 1 amide bonds. The Hall–Kier alpha value is -1.69. The molecule has 0 aliphatic carbocycles. The lowest BCUT2D eigenvalue weighted by Crippen LogP contribution is -2.47. The quantitative estimate of drug-likeness (QED) is 0.881. The predicted molar refractivity (Wildman–Crippen MR) is 69.3 cm³/mol. The van der Waals surface area contributed by atoms with Gasteiger partial charge in [0.25, 0.3) is 5.91 Å². The molecule has 1 N–H and O–H groups in total. The zero-order valence-electron chi connectivity index (χ0n) is 11.0. The van der Waals surface area contributed by atoms with E-state index in [1.807, 2.05) is 7.05 Å². The number of piperazine rings is 1. The first kappa shape index (κ1) is 13.7. The average Bonchev–Trinajstić information content (AvgIpc) is 2.38. The molecular weight excluding hydrogens is 252 g/mol. The fraction of sp³-hybridized carbons (Fsp3) is 0.462. The van der Waals surface area contributed by atoms with Crippen molar-refractivity contribution in [3.05, 3.63) is 29.3 Å². The zero-order valence-corrected chi connectivity index (χ0v) is 11.0. The van der Waals surface area contributed by atoms with Gasteiger partial charge in [0.1, 0.15) is 17.3 Å². The molecule has 0 radical (unpaired) electrons. The van der Waals surface area contributed by atoms with Crippen molar-refractivity contribution in [1.82, 2.24) is 9.80 Å². The molecule has 2 rings (SSSR count). The van der Waals surface area contributed by atoms with Crippen LogP contribution >= 0.6 is 0 Å². The van der Waals surface area contributed by atoms with Gasteiger partial charge in [0.2, 0.25) is 0 Å². The molecule has 19 heavy (non-hydrogen) atoms. The third-order valence-electron chi connectivity index (χ3n) is 3.33. The summed E-state index contributed by atoms with van der Waals surface area (Å²) in [6.45, 7) is 2.69. The van der Waals surface area contributed by atoms with Gasteiger partial charge in [0.05, 0.1) is 0 Å². The lowest BCUT2D eigenvalue weighted by atomic mass is 10.1. The van der Waals surface area contributed by atoms with E-state index in [4.69, 9.17) is 0 Å². The van der Waals surface area contributed by atoms with Crippen LogP contribution in [-0.2, 0) is 0 Å². The molecule has 0 saturated carbocycles. The second kappa shape index (κ2) is 5.52. The topological polar surface area (TPSA) is 35.6 Å². The van der Waals surface area contributed by atoms with E-state index >= 15 is 0 Å². The fourth-order valence-corrected chi connectivity index (χ4v) is 2.13. The van der Waals surface area contributed by atoms with E-state index in [9.17, 15) is 13.6 Å². The number of anilines is 1. The Morgan fingerprint density at radius 2 is 1.68 bits per heavy atom. The van der Waals surface area contributed by atoms with Crippen LogP contribution in [0.15, 0.2) is 12.1 Å². The summed E-state index contributed by atoms with van der Waals surface area (Å²) in [5.74, 6) is -1.83. The molecular formula is C13H17F2N3O. The van der Waals surface area contributed by atoms with Crippen LogP contribution in [0.25, 0.3) is 0 Å². The van der Waals surface area contributed by atoms with Crippen molar-refractivity contribution in [2.45, 2.75) is 0 Å². The largest absolute Gasteiger partial charge is 0.383 e. The van der Waals surface area contributed by atoms with Crippen molar-refractivity contribution in [2.75, 3.05) is 45.6 Å². The number of nitrogens with one attached hydrogen (secondary N) is 1. The zero-order chi connectivity index (χ0) is 14.0. The normalized spacial score (nSPS) is 16.5. The van der Waals surface area contributed by atoms with Gasteiger partial charge in [0.15, 0.2) is 0 Å². The summed E-state index contributed by atoms with van der Waals surface area (Å²) >= 11 is 0. The number of hydrogen-bond acceptors (Lipinski definition) is 3. The highest BCUT2D eigenvalue weighted by Gasteiger charge is 2.22. The van der Waals surface area contributed by atoms with Crippen LogP contribution in [0.4, 0.5) is 14.5 Å². The number of nitrogens with zero attached hydrogens (tertiary/aromatic N) is 2. The maximum absolute atomic E-state index is 13.6. The van der Waals surface area contributed by atoms with Crippen molar-refractivity contribution in [3.8, 4) is 0 Å². The Morgan fingerprint density at radius 1 is 1.16 bits per heavy atom. The van der Waals surface area contributed by atoms with Crippen LogP contribution in [-0.4, -0.2) is 56.0 Å². The Balaban J connectivity index is 2.20. The van der Waals surface area contributed by atoms with Gasteiger partial charge in [-0.2, -0.15) is 0 Å². The maximum Gasteiger partial charge on any atom is 0.254 e. The van der Waals surface area contributed by atoms with Crippen LogP contribution in [0.5, 0.6) is 0 Å². The summed E-state index contributed by atoms with van der Waals surface area (Å²) in [5, 5.41) is 2.43. The second-order valence-corrected chi connectivity index (χ2v) is 4.66. The van der Waals surface area contributed by atoms with Crippen LogP contribution < -0.4 is 5.32 Å². The van der Waals surface area contributed by atoms with Gasteiger partial charge in [0, 0.05) is 38.8 Å². The lowest BCUT2D eigenvalue weighted by Gasteiger charge is -2.32. The number of halogens is 2. The van der Waals surface area contributed by atoms with Crippen LogP contribution in [0.3, 0.4) is 0 Å². The molecule has 0 aromatic heterocycles. The first-order valence-corrected chi connectivity index (χ1v) is 6.17. The van der Waals surface area contributed by atoms with E-state index in [0.29, 0.717) is 13.1 Å². The molecule has 0 bridgehead atoms. The molecule has 0 unspecified atom stereocenters. The second-order valence-electron chi connectivity index (χ2n) is 4.66. The summed E-state index contributed by atoms with van der Waals surface area (Å²) in [4.78, 5) is 15.9. The van der Waals surface area contributed by atoms with Crippen LogP contribution in [0.1, 0.15) is 10.4 Å². The number of carbonyl (C=O) groups excluding carboxylic acids is 1. The van der Waals surface area contributed by atoms with Crippen LogP contribution in [0, 0.1) is 11.6 Å².